The van der Waals surface area contributed by atoms with Crippen molar-refractivity contribution in [1.82, 2.24) is 0 Å². The van der Waals surface area contributed by atoms with Crippen molar-refractivity contribution >= 4 is 0 Å². The van der Waals surface area contributed by atoms with Crippen molar-refractivity contribution in [3.8, 4) is 0 Å². The first-order valence-electron chi connectivity index (χ1n) is 8.01. The van der Waals surface area contributed by atoms with Crippen LogP contribution in [0.15, 0.2) is 48.6 Å². The summed E-state index contributed by atoms with van der Waals surface area (Å²) in [6.45, 7) is 15.4. The van der Waals surface area contributed by atoms with Gasteiger partial charge in [-0.15, -0.1) is 6.58 Å². The molecule has 0 aliphatic heterocycles. The Hall–Kier alpha value is -1.04. The lowest BCUT2D eigenvalue weighted by molar-refractivity contribution is 0.255. The molecule has 0 radical (unpaired) electrons. The summed E-state index contributed by atoms with van der Waals surface area (Å²) in [7, 11) is 0. The second-order valence-corrected chi connectivity index (χ2v) is 7.07. The van der Waals surface area contributed by atoms with E-state index in [0.29, 0.717) is 23.2 Å². The van der Waals surface area contributed by atoms with Gasteiger partial charge in [0, 0.05) is 5.92 Å². The van der Waals surface area contributed by atoms with E-state index in [0.717, 1.165) is 6.42 Å². The molecule has 20 heavy (non-hydrogen) atoms. The molecule has 0 fully saturated rings. The van der Waals surface area contributed by atoms with Crippen molar-refractivity contribution in [2.45, 2.75) is 53.9 Å². The molecular formula is C20H32. The van der Waals surface area contributed by atoms with Crippen LogP contribution in [0, 0.1) is 23.2 Å². The van der Waals surface area contributed by atoms with E-state index in [1.54, 1.807) is 0 Å². The molecule has 1 aliphatic carbocycles. The Balaban J connectivity index is 2.59. The zero-order chi connectivity index (χ0) is 15.2. The van der Waals surface area contributed by atoms with Gasteiger partial charge in [0.1, 0.15) is 0 Å². The predicted molar refractivity (Wildman–Crippen MR) is 91.7 cm³/mol. The van der Waals surface area contributed by atoms with Gasteiger partial charge < -0.3 is 0 Å². The zero-order valence-electron chi connectivity index (χ0n) is 14.0. The number of hydrogen-bond acceptors (Lipinski definition) is 0. The molecule has 0 saturated carbocycles. The normalized spacial score (nSPS) is 25.6. The maximum atomic E-state index is 3.83. The van der Waals surface area contributed by atoms with Crippen molar-refractivity contribution in [2.75, 3.05) is 0 Å². The molecule has 0 bridgehead atoms. The van der Waals surface area contributed by atoms with Crippen LogP contribution >= 0.6 is 0 Å². The highest BCUT2D eigenvalue weighted by Gasteiger charge is 2.30. The fraction of sp³-hybridized carbons (Fsp3) is 0.600. The van der Waals surface area contributed by atoms with Gasteiger partial charge in [-0.2, -0.15) is 0 Å². The third-order valence-corrected chi connectivity index (χ3v) is 4.54. The lowest BCUT2D eigenvalue weighted by Crippen LogP contribution is -2.26. The largest absolute Gasteiger partial charge is 0.103 e. The van der Waals surface area contributed by atoms with E-state index < -0.39 is 0 Å². The summed E-state index contributed by atoms with van der Waals surface area (Å²) in [6, 6.07) is 0. The molecule has 0 heteroatoms. The van der Waals surface area contributed by atoms with Crippen LogP contribution in [0.2, 0.25) is 0 Å². The summed E-state index contributed by atoms with van der Waals surface area (Å²) in [4.78, 5) is 0. The first kappa shape index (κ1) is 17.0. The molecule has 0 nitrogen and oxygen atoms in total. The molecule has 0 aromatic rings. The molecule has 1 aliphatic rings. The molecule has 0 saturated heterocycles. The van der Waals surface area contributed by atoms with E-state index in [1.165, 1.54) is 18.4 Å². The minimum atomic E-state index is 0.399. The van der Waals surface area contributed by atoms with Crippen molar-refractivity contribution in [3.05, 3.63) is 48.6 Å². The monoisotopic (exact) mass is 272 g/mol. The molecule has 3 atom stereocenters. The molecule has 0 N–H and O–H groups in total. The van der Waals surface area contributed by atoms with Gasteiger partial charge in [-0.25, -0.2) is 0 Å². The molecule has 0 spiro atoms. The summed E-state index contributed by atoms with van der Waals surface area (Å²) >= 11 is 0. The summed E-state index contributed by atoms with van der Waals surface area (Å²) in [6.07, 6.45) is 17.4. The third-order valence-electron chi connectivity index (χ3n) is 4.54. The summed E-state index contributed by atoms with van der Waals surface area (Å²) in [5.74, 6) is 1.68. The quantitative estimate of drug-likeness (QED) is 0.496. The Bertz CT molecular complexity index is 392. The second kappa shape index (κ2) is 7.67. The number of allylic oxidation sites excluding steroid dienone is 7. The Morgan fingerprint density at radius 1 is 1.35 bits per heavy atom. The van der Waals surface area contributed by atoms with Crippen LogP contribution in [0.25, 0.3) is 0 Å². The first-order valence-corrected chi connectivity index (χ1v) is 8.01. The maximum absolute atomic E-state index is 3.83. The average Bonchev–Trinajstić information content (AvgIpc) is 2.37. The standard InChI is InChI=1S/C20H32/c1-7-16(2)10-8-11-17(3)13-14-19-18(4)12-9-15-20(19,5)6/h7-8,11-14,16-17,19H,1,9-10,15H2,2-6H3/b11-8+,14-13+. The second-order valence-electron chi connectivity index (χ2n) is 7.07. The van der Waals surface area contributed by atoms with Gasteiger partial charge in [0.15, 0.2) is 0 Å². The van der Waals surface area contributed by atoms with Crippen molar-refractivity contribution in [2.24, 2.45) is 23.2 Å². The van der Waals surface area contributed by atoms with E-state index in [9.17, 15) is 0 Å². The van der Waals surface area contributed by atoms with Crippen molar-refractivity contribution < 1.29 is 0 Å². The molecule has 1 rings (SSSR count). The van der Waals surface area contributed by atoms with Crippen molar-refractivity contribution in [3.63, 3.8) is 0 Å². The topological polar surface area (TPSA) is 0 Å². The summed E-state index contributed by atoms with van der Waals surface area (Å²) in [5, 5.41) is 0. The van der Waals surface area contributed by atoms with E-state index in [-0.39, 0.29) is 0 Å². The SMILES string of the molecule is C=CC(C)C/C=C/C(C)/C=C/C1C(C)=CCCC1(C)C. The molecule has 0 heterocycles. The van der Waals surface area contributed by atoms with Crippen LogP contribution in [0.1, 0.15) is 53.9 Å². The van der Waals surface area contributed by atoms with Gasteiger partial charge in [-0.05, 0) is 43.4 Å². The van der Waals surface area contributed by atoms with Gasteiger partial charge in [0.25, 0.3) is 0 Å². The Morgan fingerprint density at radius 3 is 2.65 bits per heavy atom. The van der Waals surface area contributed by atoms with Gasteiger partial charge in [-0.1, -0.05) is 69.7 Å². The summed E-state index contributed by atoms with van der Waals surface area (Å²) in [5.41, 5.74) is 1.94. The van der Waals surface area contributed by atoms with Crippen LogP contribution < -0.4 is 0 Å². The van der Waals surface area contributed by atoms with Gasteiger partial charge in [0.2, 0.25) is 0 Å². The number of hydrogen-bond donors (Lipinski definition) is 0. The Morgan fingerprint density at radius 2 is 2.05 bits per heavy atom. The third kappa shape index (κ3) is 5.15. The highest BCUT2D eigenvalue weighted by molar-refractivity contribution is 5.19. The zero-order valence-corrected chi connectivity index (χ0v) is 14.0. The molecule has 0 amide bonds. The van der Waals surface area contributed by atoms with Gasteiger partial charge >= 0.3 is 0 Å². The number of rotatable bonds is 6. The fourth-order valence-corrected chi connectivity index (χ4v) is 2.94. The highest BCUT2D eigenvalue weighted by Crippen LogP contribution is 2.41. The highest BCUT2D eigenvalue weighted by atomic mass is 14.3. The minimum Gasteiger partial charge on any atom is -0.103 e. The van der Waals surface area contributed by atoms with Gasteiger partial charge in [-0.3, -0.25) is 0 Å². The molecule has 112 valence electrons. The smallest absolute Gasteiger partial charge is 0.00255 e. The molecule has 0 aromatic carbocycles. The maximum Gasteiger partial charge on any atom is 0.00255 e. The Kier molecular flexibility index (Phi) is 6.52. The van der Waals surface area contributed by atoms with Crippen LogP contribution in [0.3, 0.4) is 0 Å². The lowest BCUT2D eigenvalue weighted by atomic mass is 9.68. The average molecular weight is 272 g/mol. The van der Waals surface area contributed by atoms with Crippen LogP contribution in [0.5, 0.6) is 0 Å². The molecule has 0 aromatic heterocycles. The summed E-state index contributed by atoms with van der Waals surface area (Å²) < 4.78 is 0. The lowest BCUT2D eigenvalue weighted by Gasteiger charge is -2.36. The van der Waals surface area contributed by atoms with E-state index in [1.807, 2.05) is 6.08 Å². The first-order chi connectivity index (χ1) is 9.36. The van der Waals surface area contributed by atoms with Crippen LogP contribution in [0.4, 0.5) is 0 Å². The van der Waals surface area contributed by atoms with E-state index in [2.05, 4.69) is 71.6 Å². The minimum absolute atomic E-state index is 0.399. The molecule has 3 unspecified atom stereocenters. The predicted octanol–water partition coefficient (Wildman–Crippen LogP) is 6.33. The Labute approximate surface area is 126 Å². The van der Waals surface area contributed by atoms with E-state index >= 15 is 0 Å². The van der Waals surface area contributed by atoms with Crippen LogP contribution in [-0.4, -0.2) is 0 Å². The molecular weight excluding hydrogens is 240 g/mol. The van der Waals surface area contributed by atoms with Crippen LogP contribution in [-0.2, 0) is 0 Å². The van der Waals surface area contributed by atoms with E-state index in [4.69, 9.17) is 0 Å². The van der Waals surface area contributed by atoms with Gasteiger partial charge in [0.05, 0.1) is 0 Å². The van der Waals surface area contributed by atoms with Crippen molar-refractivity contribution in [1.29, 1.82) is 0 Å². The fourth-order valence-electron chi connectivity index (χ4n) is 2.94.